The smallest absolute Gasteiger partial charge is 0.193 e. The molecule has 0 saturated heterocycles. The highest BCUT2D eigenvalue weighted by atomic mass is 16.5. The Morgan fingerprint density at radius 3 is 2.30 bits per heavy atom. The zero-order valence-electron chi connectivity index (χ0n) is 13.2. The minimum Gasteiger partial charge on any atom is -0.504 e. The van der Waals surface area contributed by atoms with Gasteiger partial charge in [-0.05, 0) is 42.0 Å². The third-order valence-electron chi connectivity index (χ3n) is 3.96. The van der Waals surface area contributed by atoms with E-state index in [2.05, 4.69) is 0 Å². The van der Waals surface area contributed by atoms with Crippen molar-refractivity contribution in [2.45, 2.75) is 0 Å². The second-order valence-electron chi connectivity index (χ2n) is 5.19. The van der Waals surface area contributed by atoms with Crippen LogP contribution in [-0.2, 0) is 7.05 Å². The van der Waals surface area contributed by atoms with Crippen LogP contribution in [0.1, 0.15) is 0 Å². The van der Waals surface area contributed by atoms with Gasteiger partial charge in [-0.2, -0.15) is 0 Å². The van der Waals surface area contributed by atoms with E-state index in [9.17, 15) is 9.90 Å². The number of methoxy groups -OCH3 is 2. The molecular formula is C18H17NO4. The molecule has 0 bridgehead atoms. The van der Waals surface area contributed by atoms with Gasteiger partial charge in [0.15, 0.2) is 16.9 Å². The third-order valence-corrected chi connectivity index (χ3v) is 3.96. The number of aromatic hydroxyl groups is 1. The van der Waals surface area contributed by atoms with Crippen molar-refractivity contribution in [2.75, 3.05) is 14.2 Å². The van der Waals surface area contributed by atoms with Gasteiger partial charge >= 0.3 is 0 Å². The topological polar surface area (TPSA) is 60.7 Å². The second-order valence-corrected chi connectivity index (χ2v) is 5.19. The molecule has 3 rings (SSSR count). The number of hydrogen-bond donors (Lipinski definition) is 1. The number of phenols is 1. The van der Waals surface area contributed by atoms with Crippen molar-refractivity contribution in [3.8, 4) is 28.5 Å². The van der Waals surface area contributed by atoms with Crippen molar-refractivity contribution < 1.29 is 14.6 Å². The fourth-order valence-corrected chi connectivity index (χ4v) is 2.71. The van der Waals surface area contributed by atoms with Gasteiger partial charge in [-0.3, -0.25) is 4.79 Å². The van der Waals surface area contributed by atoms with E-state index < -0.39 is 0 Å². The largest absolute Gasteiger partial charge is 0.504 e. The lowest BCUT2D eigenvalue weighted by molar-refractivity contribution is 0.376. The molecule has 23 heavy (non-hydrogen) atoms. The number of rotatable bonds is 3. The molecule has 0 aliphatic carbocycles. The number of hydrogen-bond acceptors (Lipinski definition) is 4. The molecule has 0 aliphatic rings. The van der Waals surface area contributed by atoms with E-state index in [0.29, 0.717) is 5.52 Å². The van der Waals surface area contributed by atoms with E-state index in [1.807, 2.05) is 35.9 Å². The first-order valence-electron chi connectivity index (χ1n) is 7.11. The molecule has 0 saturated carbocycles. The van der Waals surface area contributed by atoms with Crippen molar-refractivity contribution in [1.29, 1.82) is 0 Å². The third kappa shape index (κ3) is 2.40. The molecule has 0 radical (unpaired) electrons. The minimum absolute atomic E-state index is 0.133. The molecule has 0 aliphatic heterocycles. The number of benzene rings is 2. The highest BCUT2D eigenvalue weighted by molar-refractivity contribution is 5.89. The van der Waals surface area contributed by atoms with Crippen LogP contribution in [0.4, 0.5) is 0 Å². The van der Waals surface area contributed by atoms with Gasteiger partial charge in [-0.1, -0.05) is 0 Å². The first-order valence-corrected chi connectivity index (χ1v) is 7.11. The molecule has 5 heteroatoms. The molecule has 0 atom stereocenters. The van der Waals surface area contributed by atoms with Gasteiger partial charge in [-0.25, -0.2) is 0 Å². The molecule has 1 N–H and O–H groups in total. The molecule has 0 spiro atoms. The predicted molar refractivity (Wildman–Crippen MR) is 89.4 cm³/mol. The Hall–Kier alpha value is -2.95. The van der Waals surface area contributed by atoms with E-state index >= 15 is 0 Å². The molecule has 2 aromatic carbocycles. The summed E-state index contributed by atoms with van der Waals surface area (Å²) in [5.74, 6) is 0.903. The van der Waals surface area contributed by atoms with Crippen molar-refractivity contribution >= 4 is 10.9 Å². The van der Waals surface area contributed by atoms with Crippen LogP contribution in [0.15, 0.2) is 47.3 Å². The van der Waals surface area contributed by atoms with Gasteiger partial charge in [0.1, 0.15) is 5.75 Å². The van der Waals surface area contributed by atoms with Crippen LogP contribution in [0, 0.1) is 0 Å². The number of aromatic nitrogens is 1. The molecule has 0 unspecified atom stereocenters. The Labute approximate surface area is 133 Å². The van der Waals surface area contributed by atoms with Crippen LogP contribution in [0.25, 0.3) is 22.2 Å². The quantitative estimate of drug-likeness (QED) is 0.808. The maximum absolute atomic E-state index is 12.5. The maximum Gasteiger partial charge on any atom is 0.193 e. The number of nitrogens with zero attached hydrogens (tertiary/aromatic N) is 1. The summed E-state index contributed by atoms with van der Waals surface area (Å²) in [7, 11) is 4.92. The molecule has 3 aromatic rings. The molecule has 118 valence electrons. The summed E-state index contributed by atoms with van der Waals surface area (Å²) < 4.78 is 12.1. The molecule has 5 nitrogen and oxygen atoms in total. The van der Waals surface area contributed by atoms with Gasteiger partial charge in [0, 0.05) is 13.1 Å². The van der Waals surface area contributed by atoms with E-state index in [1.165, 1.54) is 13.2 Å². The Morgan fingerprint density at radius 1 is 1.00 bits per heavy atom. The lowest BCUT2D eigenvalue weighted by Crippen LogP contribution is -2.09. The van der Waals surface area contributed by atoms with E-state index in [4.69, 9.17) is 9.47 Å². The number of pyridine rings is 1. The van der Waals surface area contributed by atoms with Gasteiger partial charge in [0.2, 0.25) is 0 Å². The first kappa shape index (κ1) is 15.0. The summed E-state index contributed by atoms with van der Waals surface area (Å²) >= 11 is 0. The Kier molecular flexibility index (Phi) is 3.70. The number of fused-ring (bicyclic) bond motifs is 1. The summed E-state index contributed by atoms with van der Waals surface area (Å²) in [5, 5.41) is 10.5. The van der Waals surface area contributed by atoms with Gasteiger partial charge < -0.3 is 19.1 Å². The summed E-state index contributed by atoms with van der Waals surface area (Å²) in [6.45, 7) is 0. The highest BCUT2D eigenvalue weighted by Gasteiger charge is 2.14. The van der Waals surface area contributed by atoms with E-state index in [-0.39, 0.29) is 22.3 Å². The van der Waals surface area contributed by atoms with Crippen LogP contribution in [-0.4, -0.2) is 23.9 Å². The average molecular weight is 311 g/mol. The number of ether oxygens (including phenoxy) is 2. The van der Waals surface area contributed by atoms with E-state index in [0.717, 1.165) is 17.0 Å². The zero-order chi connectivity index (χ0) is 16.6. The molecular weight excluding hydrogens is 294 g/mol. The molecule has 0 fully saturated rings. The summed E-state index contributed by atoms with van der Waals surface area (Å²) in [6, 6.07) is 12.4. The standard InChI is InChI=1S/C18H17NO4/c1-19-13-8-9-16(23-3)18(21)17(13)15(20)10-14(19)11-4-6-12(22-2)7-5-11/h4-10,21H,1-3H3. The van der Waals surface area contributed by atoms with Crippen LogP contribution in [0.3, 0.4) is 0 Å². The van der Waals surface area contributed by atoms with Crippen molar-refractivity contribution in [1.82, 2.24) is 4.57 Å². The molecule has 0 amide bonds. The van der Waals surface area contributed by atoms with Gasteiger partial charge in [0.25, 0.3) is 0 Å². The van der Waals surface area contributed by atoms with Crippen LogP contribution < -0.4 is 14.9 Å². The Bertz CT molecular complexity index is 926. The summed E-state index contributed by atoms with van der Waals surface area (Å²) in [6.07, 6.45) is 0. The number of phenolic OH excluding ortho intramolecular Hbond substituents is 1. The van der Waals surface area contributed by atoms with Crippen LogP contribution >= 0.6 is 0 Å². The zero-order valence-corrected chi connectivity index (χ0v) is 13.2. The highest BCUT2D eigenvalue weighted by Crippen LogP contribution is 2.33. The predicted octanol–water partition coefficient (Wildman–Crippen LogP) is 2.93. The number of aryl methyl sites for hydroxylation is 1. The van der Waals surface area contributed by atoms with Crippen molar-refractivity contribution in [2.24, 2.45) is 7.05 Å². The van der Waals surface area contributed by atoms with Crippen molar-refractivity contribution in [3.63, 3.8) is 0 Å². The van der Waals surface area contributed by atoms with Crippen LogP contribution in [0.2, 0.25) is 0 Å². The first-order chi connectivity index (χ1) is 11.1. The lowest BCUT2D eigenvalue weighted by Gasteiger charge is -2.14. The van der Waals surface area contributed by atoms with Gasteiger partial charge in [0.05, 0.1) is 30.8 Å². The van der Waals surface area contributed by atoms with Crippen LogP contribution in [0.5, 0.6) is 17.2 Å². The SMILES string of the molecule is COc1ccc(-c2cc(=O)c3c(O)c(OC)ccc3n2C)cc1. The monoisotopic (exact) mass is 311 g/mol. The maximum atomic E-state index is 12.5. The Balaban J connectivity index is 2.28. The molecule has 1 aromatic heterocycles. The minimum atomic E-state index is -0.250. The average Bonchev–Trinajstić information content (AvgIpc) is 2.58. The van der Waals surface area contributed by atoms with Crippen molar-refractivity contribution in [3.05, 3.63) is 52.7 Å². The molecule has 1 heterocycles. The van der Waals surface area contributed by atoms with E-state index in [1.54, 1.807) is 19.2 Å². The lowest BCUT2D eigenvalue weighted by atomic mass is 10.1. The normalized spacial score (nSPS) is 10.7. The fourth-order valence-electron chi connectivity index (χ4n) is 2.71. The summed E-state index contributed by atoms with van der Waals surface area (Å²) in [5.41, 5.74) is 2.04. The summed E-state index contributed by atoms with van der Waals surface area (Å²) in [4.78, 5) is 12.5. The Morgan fingerprint density at radius 2 is 1.70 bits per heavy atom. The van der Waals surface area contributed by atoms with Gasteiger partial charge in [-0.15, -0.1) is 0 Å². The fraction of sp³-hybridized carbons (Fsp3) is 0.167. The second kappa shape index (κ2) is 5.68.